The van der Waals surface area contributed by atoms with E-state index in [2.05, 4.69) is 0 Å². The van der Waals surface area contributed by atoms with E-state index in [0.29, 0.717) is 6.07 Å². The average Bonchev–Trinajstić information content (AvgIpc) is 2.44. The van der Waals surface area contributed by atoms with Gasteiger partial charge in [-0.05, 0) is 18.6 Å². The van der Waals surface area contributed by atoms with E-state index in [1.165, 1.54) is 0 Å². The van der Waals surface area contributed by atoms with Crippen LogP contribution in [-0.2, 0) is 4.79 Å². The molecule has 1 amide bonds. The molecule has 0 saturated heterocycles. The number of anilines is 1. The minimum atomic E-state index is -5.32. The van der Waals surface area contributed by atoms with E-state index in [0.717, 1.165) is 6.07 Å². The van der Waals surface area contributed by atoms with Crippen molar-refractivity contribution >= 4 is 36.0 Å². The summed E-state index contributed by atoms with van der Waals surface area (Å²) in [6.45, 7) is -5.32. The van der Waals surface area contributed by atoms with Crippen molar-refractivity contribution in [1.29, 1.82) is 0 Å². The summed E-state index contributed by atoms with van der Waals surface area (Å²) in [5, 5.41) is -0.422. The second kappa shape index (κ2) is 3.98. The monoisotopic (exact) mass is 280 g/mol. The first kappa shape index (κ1) is 12.9. The molecule has 0 aliphatic carbocycles. The summed E-state index contributed by atoms with van der Waals surface area (Å²) in [4.78, 5) is 23.0. The Morgan fingerprint density at radius 2 is 1.83 bits per heavy atom. The van der Waals surface area contributed by atoms with Gasteiger partial charge >= 0.3 is 6.98 Å². The Balaban J connectivity index is 2.52. The molecule has 1 aliphatic heterocycles. The van der Waals surface area contributed by atoms with Crippen LogP contribution in [0.4, 0.5) is 23.0 Å². The summed E-state index contributed by atoms with van der Waals surface area (Å²) < 4.78 is 50.1. The lowest BCUT2D eigenvalue weighted by molar-refractivity contribution is -0.114. The van der Waals surface area contributed by atoms with Crippen molar-refractivity contribution in [2.45, 2.75) is 0 Å². The summed E-state index contributed by atoms with van der Waals surface area (Å²) in [6.07, 6.45) is -1.58. The lowest BCUT2D eigenvalue weighted by Gasteiger charge is -2.23. The number of rotatable bonds is 2. The van der Waals surface area contributed by atoms with E-state index in [4.69, 9.17) is 11.6 Å². The van der Waals surface area contributed by atoms with E-state index in [9.17, 15) is 26.9 Å². The van der Waals surface area contributed by atoms with Crippen molar-refractivity contribution in [2.75, 3.05) is 11.3 Å². The summed E-state index contributed by atoms with van der Waals surface area (Å²) in [5.74, 6) is -3.43. The number of nitrogens with zero attached hydrogens (tertiary/aromatic N) is 1. The molecule has 0 aromatic heterocycles. The van der Waals surface area contributed by atoms with Crippen LogP contribution in [0.25, 0.3) is 0 Å². The lowest BCUT2D eigenvalue weighted by Crippen LogP contribution is -2.41. The molecule has 1 aromatic carbocycles. The van der Waals surface area contributed by atoms with Gasteiger partial charge in [0.15, 0.2) is 0 Å². The van der Waals surface area contributed by atoms with Crippen molar-refractivity contribution in [1.82, 2.24) is 0 Å². The number of amides is 1. The largest absolute Gasteiger partial charge is 0.497 e. The summed E-state index contributed by atoms with van der Waals surface area (Å²) in [7, 11) is 0. The molecule has 0 atom stereocenters. The molecule has 96 valence electrons. The second-order valence-corrected chi connectivity index (χ2v) is 4.15. The molecule has 1 aliphatic rings. The number of carbonyl (C=O) groups excluding carboxylic acids is 2. The third-order valence-electron chi connectivity index (χ3n) is 2.40. The molecule has 0 unspecified atom stereocenters. The van der Waals surface area contributed by atoms with Crippen LogP contribution in [-0.4, -0.2) is 25.1 Å². The number of carbonyl (C=O) groups is 2. The van der Waals surface area contributed by atoms with Crippen molar-refractivity contribution in [3.63, 3.8) is 0 Å². The van der Waals surface area contributed by atoms with E-state index in [1.807, 2.05) is 0 Å². The van der Waals surface area contributed by atoms with Gasteiger partial charge in [-0.1, -0.05) is 11.6 Å². The van der Waals surface area contributed by atoms with Gasteiger partial charge in [0, 0.05) is 0 Å². The van der Waals surface area contributed by atoms with Crippen LogP contribution < -0.4 is 4.90 Å². The van der Waals surface area contributed by atoms with Crippen molar-refractivity contribution < 1.29 is 26.9 Å². The zero-order valence-corrected chi connectivity index (χ0v) is 9.35. The molecule has 3 nitrogen and oxygen atoms in total. The zero-order chi connectivity index (χ0) is 13.7. The number of benzene rings is 1. The fourth-order valence-corrected chi connectivity index (χ4v) is 1.84. The standard InChI is InChI=1S/C9H4BClF4NO2/c11-5-1-4-7(2-6(5)12)16(3-10(13,14)15)9(18)8(4)17/h1-2H,3H2/q-1. The first-order chi connectivity index (χ1) is 8.20. The molecular weight excluding hydrogens is 276 g/mol. The van der Waals surface area contributed by atoms with Crippen LogP contribution in [0.2, 0.25) is 5.02 Å². The van der Waals surface area contributed by atoms with E-state index < -0.39 is 41.6 Å². The normalized spacial score (nSPS) is 15.3. The van der Waals surface area contributed by atoms with Gasteiger partial charge < -0.3 is 17.8 Å². The van der Waals surface area contributed by atoms with Gasteiger partial charge in [0.05, 0.1) is 16.3 Å². The molecule has 1 aromatic rings. The number of hydrogen-bond donors (Lipinski definition) is 0. The third kappa shape index (κ3) is 2.08. The Kier molecular flexibility index (Phi) is 2.85. The molecule has 0 saturated carbocycles. The molecule has 1 heterocycles. The Morgan fingerprint density at radius 3 is 2.39 bits per heavy atom. The second-order valence-electron chi connectivity index (χ2n) is 3.74. The maximum absolute atomic E-state index is 13.2. The van der Waals surface area contributed by atoms with E-state index in [-0.39, 0.29) is 10.5 Å². The van der Waals surface area contributed by atoms with Crippen LogP contribution in [0, 0.1) is 5.82 Å². The van der Waals surface area contributed by atoms with Gasteiger partial charge in [-0.25, -0.2) is 4.39 Å². The SMILES string of the molecule is O=C1C(=O)N(C[B-](F)(F)F)c2cc(F)c(Cl)cc21. The molecule has 0 bridgehead atoms. The quantitative estimate of drug-likeness (QED) is 0.474. The predicted molar refractivity (Wildman–Crippen MR) is 57.2 cm³/mol. The summed E-state index contributed by atoms with van der Waals surface area (Å²) in [5.41, 5.74) is -0.711. The van der Waals surface area contributed by atoms with E-state index >= 15 is 0 Å². The first-order valence-corrected chi connectivity index (χ1v) is 5.15. The Bertz CT molecular complexity index is 560. The van der Waals surface area contributed by atoms with Gasteiger partial charge in [-0.3, -0.25) is 9.59 Å². The van der Waals surface area contributed by atoms with Crippen LogP contribution in [0.5, 0.6) is 0 Å². The number of halogens is 5. The molecule has 0 spiro atoms. The molecule has 0 N–H and O–H groups in total. The summed E-state index contributed by atoms with van der Waals surface area (Å²) >= 11 is 5.41. The smallest absolute Gasteiger partial charge is 0.448 e. The van der Waals surface area contributed by atoms with Crippen LogP contribution >= 0.6 is 11.6 Å². The van der Waals surface area contributed by atoms with Crippen LogP contribution in [0.3, 0.4) is 0 Å². The first-order valence-electron chi connectivity index (χ1n) is 4.77. The highest BCUT2D eigenvalue weighted by Gasteiger charge is 2.40. The maximum Gasteiger partial charge on any atom is 0.497 e. The highest BCUT2D eigenvalue weighted by molar-refractivity contribution is 6.62. The molecule has 9 heteroatoms. The zero-order valence-electron chi connectivity index (χ0n) is 8.59. The molecule has 0 radical (unpaired) electrons. The van der Waals surface area contributed by atoms with Gasteiger partial charge in [0.2, 0.25) is 0 Å². The highest BCUT2D eigenvalue weighted by atomic mass is 35.5. The van der Waals surface area contributed by atoms with Crippen molar-refractivity contribution in [3.8, 4) is 0 Å². The number of Topliss-reactive ketones (excluding diaryl/α,β-unsaturated/α-hetero) is 1. The molecule has 0 fully saturated rings. The Morgan fingerprint density at radius 1 is 1.22 bits per heavy atom. The van der Waals surface area contributed by atoms with Crippen LogP contribution in [0.1, 0.15) is 10.4 Å². The third-order valence-corrected chi connectivity index (χ3v) is 2.69. The maximum atomic E-state index is 13.2. The van der Waals surface area contributed by atoms with Crippen molar-refractivity contribution in [3.05, 3.63) is 28.5 Å². The molecule has 18 heavy (non-hydrogen) atoms. The fraction of sp³-hybridized carbons (Fsp3) is 0.111. The topological polar surface area (TPSA) is 37.4 Å². The van der Waals surface area contributed by atoms with Crippen molar-refractivity contribution in [2.24, 2.45) is 0 Å². The predicted octanol–water partition coefficient (Wildman–Crippen LogP) is 2.40. The minimum absolute atomic E-state index is 0.219. The van der Waals surface area contributed by atoms with Gasteiger partial charge in [0.25, 0.3) is 11.7 Å². The number of hydrogen-bond acceptors (Lipinski definition) is 2. The Labute approximate surface area is 103 Å². The van der Waals surface area contributed by atoms with Gasteiger partial charge in [-0.15, -0.1) is 0 Å². The van der Waals surface area contributed by atoms with Crippen LogP contribution in [0.15, 0.2) is 12.1 Å². The molecule has 2 rings (SSSR count). The van der Waals surface area contributed by atoms with E-state index in [1.54, 1.807) is 0 Å². The highest BCUT2D eigenvalue weighted by Crippen LogP contribution is 2.34. The summed E-state index contributed by atoms with van der Waals surface area (Å²) in [6, 6.07) is 1.51. The fourth-order valence-electron chi connectivity index (χ4n) is 1.68. The van der Waals surface area contributed by atoms with Gasteiger partial charge in [-0.2, -0.15) is 0 Å². The molecular formula is C9H4BClF4NO2-. The average molecular weight is 280 g/mol. The Hall–Kier alpha value is -1.57. The number of fused-ring (bicyclic) bond motifs is 1. The number of ketones is 1. The van der Waals surface area contributed by atoms with Gasteiger partial charge in [0.1, 0.15) is 5.82 Å². The lowest BCUT2D eigenvalue weighted by atomic mass is 9.91. The minimum Gasteiger partial charge on any atom is -0.448 e.